The van der Waals surface area contributed by atoms with Crippen molar-refractivity contribution in [1.82, 2.24) is 0 Å². The van der Waals surface area contributed by atoms with Gasteiger partial charge in [0.15, 0.2) is 0 Å². The molecule has 2 nitrogen and oxygen atoms in total. The molecule has 0 aliphatic carbocycles. The molecule has 1 aromatic rings. The molecule has 15 heavy (non-hydrogen) atoms. The van der Waals surface area contributed by atoms with Crippen LogP contribution >= 0.6 is 24.0 Å². The number of nitrogens with two attached hydrogens (primary N) is 1. The maximum absolute atomic E-state index is 5.96. The van der Waals surface area contributed by atoms with Gasteiger partial charge in [0.05, 0.1) is 0 Å². The Morgan fingerprint density at radius 1 is 1.47 bits per heavy atom. The lowest BCUT2D eigenvalue weighted by Gasteiger charge is -2.25. The van der Waals surface area contributed by atoms with Gasteiger partial charge in [0.1, 0.15) is 0 Å². The predicted molar refractivity (Wildman–Crippen MR) is 68.1 cm³/mol. The fourth-order valence-electron chi connectivity index (χ4n) is 2.08. The maximum atomic E-state index is 5.96. The molecule has 1 saturated heterocycles. The van der Waals surface area contributed by atoms with Crippen molar-refractivity contribution in [3.63, 3.8) is 0 Å². The van der Waals surface area contributed by atoms with E-state index in [1.54, 1.807) is 0 Å². The Morgan fingerprint density at radius 3 is 2.93 bits per heavy atom. The molecule has 0 saturated carbocycles. The minimum Gasteiger partial charge on any atom is -0.367 e. The van der Waals surface area contributed by atoms with Crippen molar-refractivity contribution >= 4 is 29.7 Å². The first-order valence-electron chi connectivity index (χ1n) is 5.03. The highest BCUT2D eigenvalue weighted by Gasteiger charge is 2.23. The second kappa shape index (κ2) is 5.59. The zero-order chi connectivity index (χ0) is 9.97. The standard InChI is InChI=1S/C11H15ClN2.ClH/c12-9-3-1-4-10(7-9)14-6-2-5-11(14)8-13;/h1,3-4,7,11H,2,5-6,8,13H2;1H. The smallest absolute Gasteiger partial charge is 0.0426 e. The molecule has 1 unspecified atom stereocenters. The van der Waals surface area contributed by atoms with Gasteiger partial charge in [-0.1, -0.05) is 17.7 Å². The molecule has 1 aliphatic heterocycles. The van der Waals surface area contributed by atoms with Crippen LogP contribution in [0.2, 0.25) is 5.02 Å². The number of benzene rings is 1. The SMILES string of the molecule is Cl.NCC1CCCN1c1cccc(Cl)c1. The average molecular weight is 247 g/mol. The van der Waals surface area contributed by atoms with Crippen LogP contribution in [0.5, 0.6) is 0 Å². The van der Waals surface area contributed by atoms with Crippen LogP contribution in [0, 0.1) is 0 Å². The third-order valence-corrected chi connectivity index (χ3v) is 3.02. The minimum atomic E-state index is 0. The van der Waals surface area contributed by atoms with Crippen molar-refractivity contribution in [3.05, 3.63) is 29.3 Å². The van der Waals surface area contributed by atoms with Gasteiger partial charge < -0.3 is 10.6 Å². The number of hydrogen-bond acceptors (Lipinski definition) is 2. The Hall–Kier alpha value is -0.440. The first kappa shape index (κ1) is 12.6. The van der Waals surface area contributed by atoms with Gasteiger partial charge in [0.2, 0.25) is 0 Å². The van der Waals surface area contributed by atoms with Crippen molar-refractivity contribution in [1.29, 1.82) is 0 Å². The summed E-state index contributed by atoms with van der Waals surface area (Å²) in [7, 11) is 0. The summed E-state index contributed by atoms with van der Waals surface area (Å²) >= 11 is 5.96. The number of nitrogens with zero attached hydrogens (tertiary/aromatic N) is 1. The molecule has 84 valence electrons. The molecule has 0 radical (unpaired) electrons. The normalized spacial score (nSPS) is 20.1. The Labute approximate surface area is 102 Å². The predicted octanol–water partition coefficient (Wildman–Crippen LogP) is 2.69. The molecule has 2 rings (SSSR count). The second-order valence-electron chi connectivity index (χ2n) is 3.71. The van der Waals surface area contributed by atoms with Crippen LogP contribution in [0.3, 0.4) is 0 Å². The van der Waals surface area contributed by atoms with Crippen molar-refractivity contribution < 1.29 is 0 Å². The fraction of sp³-hybridized carbons (Fsp3) is 0.455. The van der Waals surface area contributed by atoms with Crippen LogP contribution in [-0.2, 0) is 0 Å². The lowest BCUT2D eigenvalue weighted by molar-refractivity contribution is 0.677. The molecule has 1 heterocycles. The zero-order valence-electron chi connectivity index (χ0n) is 8.53. The van der Waals surface area contributed by atoms with Gasteiger partial charge >= 0.3 is 0 Å². The largest absolute Gasteiger partial charge is 0.367 e. The van der Waals surface area contributed by atoms with Gasteiger partial charge in [-0.2, -0.15) is 0 Å². The second-order valence-corrected chi connectivity index (χ2v) is 4.14. The van der Waals surface area contributed by atoms with E-state index >= 15 is 0 Å². The molecule has 0 spiro atoms. The summed E-state index contributed by atoms with van der Waals surface area (Å²) in [5.41, 5.74) is 6.92. The topological polar surface area (TPSA) is 29.3 Å². The van der Waals surface area contributed by atoms with E-state index < -0.39 is 0 Å². The summed E-state index contributed by atoms with van der Waals surface area (Å²) in [6, 6.07) is 8.49. The van der Waals surface area contributed by atoms with Crippen molar-refractivity contribution in [2.75, 3.05) is 18.0 Å². The molecule has 0 bridgehead atoms. The summed E-state index contributed by atoms with van der Waals surface area (Å²) in [4.78, 5) is 2.35. The number of anilines is 1. The highest BCUT2D eigenvalue weighted by molar-refractivity contribution is 6.30. The van der Waals surface area contributed by atoms with Crippen molar-refractivity contribution in [3.8, 4) is 0 Å². The van der Waals surface area contributed by atoms with Crippen LogP contribution in [-0.4, -0.2) is 19.1 Å². The zero-order valence-corrected chi connectivity index (χ0v) is 10.1. The van der Waals surface area contributed by atoms with Crippen molar-refractivity contribution in [2.45, 2.75) is 18.9 Å². The lowest BCUT2D eigenvalue weighted by Crippen LogP contribution is -2.35. The summed E-state index contributed by atoms with van der Waals surface area (Å²) in [6.45, 7) is 1.83. The van der Waals surface area contributed by atoms with E-state index in [9.17, 15) is 0 Å². The minimum absolute atomic E-state index is 0. The van der Waals surface area contributed by atoms with E-state index in [2.05, 4.69) is 11.0 Å². The van der Waals surface area contributed by atoms with Crippen LogP contribution in [0.4, 0.5) is 5.69 Å². The van der Waals surface area contributed by atoms with E-state index in [0.717, 1.165) is 18.1 Å². The average Bonchev–Trinajstić information content (AvgIpc) is 2.65. The molecule has 4 heteroatoms. The third kappa shape index (κ3) is 2.77. The van der Waals surface area contributed by atoms with E-state index in [0.29, 0.717) is 6.04 Å². The molecule has 1 atom stereocenters. The molecule has 1 aromatic carbocycles. The Bertz CT molecular complexity index is 317. The third-order valence-electron chi connectivity index (χ3n) is 2.79. The molecule has 2 N–H and O–H groups in total. The molecule has 0 aromatic heterocycles. The summed E-state index contributed by atoms with van der Waals surface area (Å²) in [5, 5.41) is 0.796. The quantitative estimate of drug-likeness (QED) is 0.870. The Morgan fingerprint density at radius 2 is 2.27 bits per heavy atom. The highest BCUT2D eigenvalue weighted by atomic mass is 35.5. The molecule has 1 aliphatic rings. The van der Waals surface area contributed by atoms with Crippen LogP contribution in [0.1, 0.15) is 12.8 Å². The summed E-state index contributed by atoms with van der Waals surface area (Å²) in [6.07, 6.45) is 2.43. The van der Waals surface area contributed by atoms with Gasteiger partial charge in [-0.05, 0) is 31.0 Å². The van der Waals surface area contributed by atoms with E-state index in [1.165, 1.54) is 18.5 Å². The van der Waals surface area contributed by atoms with Crippen molar-refractivity contribution in [2.24, 2.45) is 5.73 Å². The van der Waals surface area contributed by atoms with Crippen LogP contribution in [0.25, 0.3) is 0 Å². The number of hydrogen-bond donors (Lipinski definition) is 1. The van der Waals surface area contributed by atoms with Crippen LogP contribution < -0.4 is 10.6 Å². The summed E-state index contributed by atoms with van der Waals surface area (Å²) in [5.74, 6) is 0. The molecule has 1 fully saturated rings. The summed E-state index contributed by atoms with van der Waals surface area (Å²) < 4.78 is 0. The van der Waals surface area contributed by atoms with Gasteiger partial charge in [-0.15, -0.1) is 12.4 Å². The van der Waals surface area contributed by atoms with Gasteiger partial charge in [0.25, 0.3) is 0 Å². The Balaban J connectivity index is 0.00000112. The molecule has 0 amide bonds. The van der Waals surface area contributed by atoms with Gasteiger partial charge in [-0.3, -0.25) is 0 Å². The number of halogens is 2. The number of rotatable bonds is 2. The highest BCUT2D eigenvalue weighted by Crippen LogP contribution is 2.26. The van der Waals surface area contributed by atoms with E-state index in [-0.39, 0.29) is 12.4 Å². The molecular weight excluding hydrogens is 231 g/mol. The van der Waals surface area contributed by atoms with E-state index in [1.807, 2.05) is 18.2 Å². The fourth-order valence-corrected chi connectivity index (χ4v) is 2.26. The molecular formula is C11H16Cl2N2. The van der Waals surface area contributed by atoms with Gasteiger partial charge in [-0.25, -0.2) is 0 Å². The first-order chi connectivity index (χ1) is 6.81. The monoisotopic (exact) mass is 246 g/mol. The van der Waals surface area contributed by atoms with E-state index in [4.69, 9.17) is 17.3 Å². The Kier molecular flexibility index (Phi) is 4.71. The first-order valence-corrected chi connectivity index (χ1v) is 5.41. The van der Waals surface area contributed by atoms with Crippen LogP contribution in [0.15, 0.2) is 24.3 Å². The maximum Gasteiger partial charge on any atom is 0.0426 e. The van der Waals surface area contributed by atoms with Gasteiger partial charge in [0, 0.05) is 29.8 Å². The lowest BCUT2D eigenvalue weighted by atomic mass is 10.2.